The summed E-state index contributed by atoms with van der Waals surface area (Å²) >= 11 is 1.65. The van der Waals surface area contributed by atoms with E-state index in [-0.39, 0.29) is 11.6 Å². The van der Waals surface area contributed by atoms with E-state index < -0.39 is 0 Å². The van der Waals surface area contributed by atoms with E-state index >= 15 is 0 Å². The lowest BCUT2D eigenvalue weighted by Gasteiger charge is -2.17. The summed E-state index contributed by atoms with van der Waals surface area (Å²) in [5.41, 5.74) is 1.27. The molecule has 3 rings (SSSR count). The molecule has 2 aromatic heterocycles. The molecular formula is C13H17N3OS. The van der Waals surface area contributed by atoms with Crippen molar-refractivity contribution in [2.75, 3.05) is 0 Å². The molecule has 2 aromatic rings. The highest BCUT2D eigenvalue weighted by Crippen LogP contribution is 2.35. The van der Waals surface area contributed by atoms with Crippen LogP contribution in [0.1, 0.15) is 43.7 Å². The van der Waals surface area contributed by atoms with E-state index in [0.29, 0.717) is 5.92 Å². The maximum Gasteiger partial charge on any atom is 0.279 e. The van der Waals surface area contributed by atoms with Gasteiger partial charge in [-0.2, -0.15) is 0 Å². The van der Waals surface area contributed by atoms with E-state index in [2.05, 4.69) is 17.2 Å². The Morgan fingerprint density at radius 3 is 2.94 bits per heavy atom. The molecule has 0 aliphatic heterocycles. The SMILES string of the molecule is CC(C)n1nnc2sc3c(c2c1=O)CC[C@H](C)C3. The molecule has 0 unspecified atom stereocenters. The van der Waals surface area contributed by atoms with Crippen LogP contribution >= 0.6 is 11.3 Å². The smallest absolute Gasteiger partial charge is 0.267 e. The minimum absolute atomic E-state index is 0.0297. The first kappa shape index (κ1) is 11.8. The number of aryl methyl sites for hydroxylation is 1. The minimum Gasteiger partial charge on any atom is -0.267 e. The molecule has 1 aliphatic rings. The fourth-order valence-electron chi connectivity index (χ4n) is 2.61. The summed E-state index contributed by atoms with van der Waals surface area (Å²) in [6.45, 7) is 6.19. The predicted octanol–water partition coefficient (Wildman–Crippen LogP) is 2.56. The monoisotopic (exact) mass is 263 g/mol. The van der Waals surface area contributed by atoms with Crippen molar-refractivity contribution in [1.29, 1.82) is 0 Å². The van der Waals surface area contributed by atoms with Gasteiger partial charge in [0.05, 0.1) is 11.4 Å². The Bertz CT molecular complexity index is 656. The molecule has 1 aliphatic carbocycles. The Morgan fingerprint density at radius 2 is 2.22 bits per heavy atom. The molecule has 0 aromatic carbocycles. The Morgan fingerprint density at radius 1 is 1.44 bits per heavy atom. The summed E-state index contributed by atoms with van der Waals surface area (Å²) in [7, 11) is 0. The molecule has 96 valence electrons. The summed E-state index contributed by atoms with van der Waals surface area (Å²) in [6.07, 6.45) is 3.26. The molecule has 0 saturated heterocycles. The van der Waals surface area contributed by atoms with Crippen LogP contribution in [-0.2, 0) is 12.8 Å². The molecule has 18 heavy (non-hydrogen) atoms. The van der Waals surface area contributed by atoms with Crippen molar-refractivity contribution >= 4 is 21.6 Å². The molecule has 5 heteroatoms. The first-order valence-corrected chi connectivity index (χ1v) is 7.29. The van der Waals surface area contributed by atoms with Crippen LogP contribution in [0.15, 0.2) is 4.79 Å². The highest BCUT2D eigenvalue weighted by molar-refractivity contribution is 7.18. The molecule has 0 N–H and O–H groups in total. The highest BCUT2D eigenvalue weighted by atomic mass is 32.1. The Hall–Kier alpha value is -1.23. The average molecular weight is 263 g/mol. The Balaban J connectivity index is 2.28. The predicted molar refractivity (Wildman–Crippen MR) is 73.2 cm³/mol. The van der Waals surface area contributed by atoms with E-state index in [1.807, 2.05) is 13.8 Å². The standard InChI is InChI=1S/C13H17N3OS/c1-7(2)16-13(17)11-9-5-4-8(3)6-10(9)18-12(11)14-15-16/h7-8H,4-6H2,1-3H3/t8-/m0/s1. The minimum atomic E-state index is 0.0297. The summed E-state index contributed by atoms with van der Waals surface area (Å²) in [4.78, 5) is 14.6. The van der Waals surface area contributed by atoms with Crippen LogP contribution in [0.2, 0.25) is 0 Å². The number of rotatable bonds is 1. The summed E-state index contributed by atoms with van der Waals surface area (Å²) in [6, 6.07) is 0.0625. The fraction of sp³-hybridized carbons (Fsp3) is 0.615. The van der Waals surface area contributed by atoms with Gasteiger partial charge in [-0.05, 0) is 44.6 Å². The van der Waals surface area contributed by atoms with E-state index in [9.17, 15) is 4.79 Å². The normalized spacial score (nSPS) is 19.4. The zero-order valence-electron chi connectivity index (χ0n) is 10.9. The van der Waals surface area contributed by atoms with Crippen molar-refractivity contribution < 1.29 is 0 Å². The van der Waals surface area contributed by atoms with E-state index in [4.69, 9.17) is 0 Å². The van der Waals surface area contributed by atoms with Crippen LogP contribution < -0.4 is 5.56 Å². The maximum absolute atomic E-state index is 12.5. The van der Waals surface area contributed by atoms with Gasteiger partial charge in [0, 0.05) is 4.88 Å². The third-order valence-electron chi connectivity index (χ3n) is 3.64. The fourth-order valence-corrected chi connectivity index (χ4v) is 3.93. The van der Waals surface area contributed by atoms with Crippen LogP contribution in [0.25, 0.3) is 10.2 Å². The van der Waals surface area contributed by atoms with Crippen LogP contribution in [0.4, 0.5) is 0 Å². The number of hydrogen-bond donors (Lipinski definition) is 0. The van der Waals surface area contributed by atoms with E-state index in [1.54, 1.807) is 11.3 Å². The zero-order chi connectivity index (χ0) is 12.9. The van der Waals surface area contributed by atoms with Crippen molar-refractivity contribution in [3.8, 4) is 0 Å². The van der Waals surface area contributed by atoms with Crippen molar-refractivity contribution in [1.82, 2.24) is 15.0 Å². The van der Waals surface area contributed by atoms with Gasteiger partial charge in [-0.15, -0.1) is 16.4 Å². The van der Waals surface area contributed by atoms with Gasteiger partial charge >= 0.3 is 0 Å². The highest BCUT2D eigenvalue weighted by Gasteiger charge is 2.23. The molecule has 0 bridgehead atoms. The van der Waals surface area contributed by atoms with Gasteiger partial charge in [-0.1, -0.05) is 12.1 Å². The largest absolute Gasteiger partial charge is 0.279 e. The molecule has 0 radical (unpaired) electrons. The molecule has 2 heterocycles. The molecular weight excluding hydrogens is 246 g/mol. The second kappa shape index (κ2) is 4.16. The number of aromatic nitrogens is 3. The van der Waals surface area contributed by atoms with Crippen LogP contribution in [0, 0.1) is 5.92 Å². The lowest BCUT2D eigenvalue weighted by Crippen LogP contribution is -2.26. The third kappa shape index (κ3) is 1.68. The topological polar surface area (TPSA) is 47.8 Å². The number of hydrogen-bond acceptors (Lipinski definition) is 4. The molecule has 1 atom stereocenters. The lowest BCUT2D eigenvalue weighted by molar-refractivity contribution is 0.480. The van der Waals surface area contributed by atoms with Gasteiger partial charge in [0.1, 0.15) is 0 Å². The van der Waals surface area contributed by atoms with Gasteiger partial charge in [0.2, 0.25) is 0 Å². The van der Waals surface area contributed by atoms with Crippen LogP contribution in [0.5, 0.6) is 0 Å². The Kier molecular flexibility index (Phi) is 2.73. The van der Waals surface area contributed by atoms with Gasteiger partial charge in [-0.3, -0.25) is 4.79 Å². The second-order valence-electron chi connectivity index (χ2n) is 5.46. The number of fused-ring (bicyclic) bond motifs is 3. The molecule has 4 nitrogen and oxygen atoms in total. The van der Waals surface area contributed by atoms with Gasteiger partial charge in [0.15, 0.2) is 4.83 Å². The summed E-state index contributed by atoms with van der Waals surface area (Å²) < 4.78 is 1.49. The van der Waals surface area contributed by atoms with Crippen molar-refractivity contribution in [3.63, 3.8) is 0 Å². The first-order valence-electron chi connectivity index (χ1n) is 6.47. The van der Waals surface area contributed by atoms with Crippen LogP contribution in [-0.4, -0.2) is 15.0 Å². The van der Waals surface area contributed by atoms with Crippen molar-refractivity contribution in [2.45, 2.75) is 46.1 Å². The first-order chi connectivity index (χ1) is 8.58. The summed E-state index contributed by atoms with van der Waals surface area (Å²) in [5.74, 6) is 0.714. The van der Waals surface area contributed by atoms with Gasteiger partial charge in [0.25, 0.3) is 5.56 Å². The molecule has 0 amide bonds. The second-order valence-corrected chi connectivity index (χ2v) is 6.55. The lowest BCUT2D eigenvalue weighted by atomic mass is 9.89. The van der Waals surface area contributed by atoms with Crippen LogP contribution in [0.3, 0.4) is 0 Å². The molecule has 0 saturated carbocycles. The zero-order valence-corrected chi connectivity index (χ0v) is 11.8. The molecule has 0 spiro atoms. The van der Waals surface area contributed by atoms with E-state index in [1.165, 1.54) is 21.5 Å². The number of nitrogens with zero attached hydrogens (tertiary/aromatic N) is 3. The summed E-state index contributed by atoms with van der Waals surface area (Å²) in [5, 5.41) is 9.08. The van der Waals surface area contributed by atoms with Crippen molar-refractivity contribution in [3.05, 3.63) is 20.8 Å². The van der Waals surface area contributed by atoms with Gasteiger partial charge in [-0.25, -0.2) is 4.68 Å². The number of thiophene rings is 1. The maximum atomic E-state index is 12.5. The van der Waals surface area contributed by atoms with Crippen molar-refractivity contribution in [2.24, 2.45) is 5.92 Å². The quantitative estimate of drug-likeness (QED) is 0.794. The third-order valence-corrected chi connectivity index (χ3v) is 4.77. The van der Waals surface area contributed by atoms with E-state index in [0.717, 1.165) is 23.1 Å². The van der Waals surface area contributed by atoms with Gasteiger partial charge < -0.3 is 0 Å². The molecule has 0 fully saturated rings. The average Bonchev–Trinajstić information content (AvgIpc) is 2.66. The Labute approximate surface area is 110 Å².